The SMILES string of the molecule is CCc1ccc(N=c2scc(-c3ccco3)n2Cc2ccc3c(c2)OCO3)cc1. The molecule has 0 aliphatic carbocycles. The highest BCUT2D eigenvalue weighted by Gasteiger charge is 2.15. The van der Waals surface area contributed by atoms with E-state index in [-0.39, 0.29) is 6.79 Å². The Morgan fingerprint density at radius 3 is 2.62 bits per heavy atom. The van der Waals surface area contributed by atoms with Gasteiger partial charge in [-0.25, -0.2) is 4.99 Å². The molecule has 0 unspecified atom stereocenters. The summed E-state index contributed by atoms with van der Waals surface area (Å²) in [7, 11) is 0. The summed E-state index contributed by atoms with van der Waals surface area (Å²) in [5.74, 6) is 2.40. The first-order chi connectivity index (χ1) is 14.3. The summed E-state index contributed by atoms with van der Waals surface area (Å²) in [6, 6.07) is 18.3. The predicted octanol–water partition coefficient (Wildman–Crippen LogP) is 5.38. The second kappa shape index (κ2) is 7.64. The summed E-state index contributed by atoms with van der Waals surface area (Å²) in [6.45, 7) is 3.08. The van der Waals surface area contributed by atoms with Crippen molar-refractivity contribution in [2.75, 3.05) is 6.79 Å². The fraction of sp³-hybridized carbons (Fsp3) is 0.174. The van der Waals surface area contributed by atoms with Crippen LogP contribution in [0.5, 0.6) is 11.5 Å². The molecule has 146 valence electrons. The van der Waals surface area contributed by atoms with Crippen LogP contribution in [-0.4, -0.2) is 11.4 Å². The maximum atomic E-state index is 5.67. The van der Waals surface area contributed by atoms with Gasteiger partial charge in [-0.15, -0.1) is 11.3 Å². The normalized spacial score (nSPS) is 13.2. The number of rotatable bonds is 5. The van der Waals surface area contributed by atoms with E-state index in [9.17, 15) is 0 Å². The summed E-state index contributed by atoms with van der Waals surface area (Å²) >= 11 is 1.60. The molecule has 1 aliphatic heterocycles. The lowest BCUT2D eigenvalue weighted by atomic mass is 10.2. The number of hydrogen-bond donors (Lipinski definition) is 0. The van der Waals surface area contributed by atoms with Crippen LogP contribution in [0.25, 0.3) is 11.5 Å². The highest BCUT2D eigenvalue weighted by atomic mass is 32.1. The molecule has 0 spiro atoms. The maximum absolute atomic E-state index is 5.67. The third kappa shape index (κ3) is 3.59. The number of thiazole rings is 1. The fourth-order valence-electron chi connectivity index (χ4n) is 3.33. The molecule has 0 radical (unpaired) electrons. The second-order valence-corrected chi connectivity index (χ2v) is 7.62. The molecule has 6 heteroatoms. The lowest BCUT2D eigenvalue weighted by Gasteiger charge is -2.09. The number of hydrogen-bond acceptors (Lipinski definition) is 5. The molecule has 2 aromatic carbocycles. The van der Waals surface area contributed by atoms with Gasteiger partial charge in [0.05, 0.1) is 24.2 Å². The Morgan fingerprint density at radius 1 is 1.00 bits per heavy atom. The van der Waals surface area contributed by atoms with Gasteiger partial charge in [0.15, 0.2) is 22.1 Å². The molecule has 1 aliphatic rings. The topological polar surface area (TPSA) is 48.9 Å². The molecule has 2 aromatic heterocycles. The van der Waals surface area contributed by atoms with E-state index >= 15 is 0 Å². The van der Waals surface area contributed by atoms with Crippen molar-refractivity contribution < 1.29 is 13.9 Å². The van der Waals surface area contributed by atoms with Crippen molar-refractivity contribution in [2.45, 2.75) is 19.9 Å². The zero-order valence-electron chi connectivity index (χ0n) is 16.0. The minimum atomic E-state index is 0.274. The summed E-state index contributed by atoms with van der Waals surface area (Å²) in [5, 5.41) is 2.09. The van der Waals surface area contributed by atoms with E-state index in [1.165, 1.54) is 5.56 Å². The first-order valence-corrected chi connectivity index (χ1v) is 10.4. The van der Waals surface area contributed by atoms with Gasteiger partial charge in [0.25, 0.3) is 0 Å². The van der Waals surface area contributed by atoms with Gasteiger partial charge in [0.2, 0.25) is 6.79 Å². The van der Waals surface area contributed by atoms with Crippen molar-refractivity contribution in [1.82, 2.24) is 4.57 Å². The van der Waals surface area contributed by atoms with Crippen molar-refractivity contribution in [2.24, 2.45) is 4.99 Å². The Hall–Kier alpha value is -3.25. The van der Waals surface area contributed by atoms with Crippen molar-refractivity contribution >= 4 is 17.0 Å². The Balaban J connectivity index is 1.57. The zero-order chi connectivity index (χ0) is 19.6. The Labute approximate surface area is 172 Å². The minimum Gasteiger partial charge on any atom is -0.463 e. The Kier molecular flexibility index (Phi) is 4.69. The average Bonchev–Trinajstić information content (AvgIpc) is 3.50. The molecule has 0 saturated heterocycles. The molecule has 0 amide bonds. The molecular weight excluding hydrogens is 384 g/mol. The van der Waals surface area contributed by atoms with Crippen LogP contribution >= 0.6 is 11.3 Å². The minimum absolute atomic E-state index is 0.274. The molecule has 0 N–H and O–H groups in total. The van der Waals surface area contributed by atoms with Crippen LogP contribution in [0, 0.1) is 0 Å². The van der Waals surface area contributed by atoms with Crippen LogP contribution in [0.4, 0.5) is 5.69 Å². The average molecular weight is 404 g/mol. The van der Waals surface area contributed by atoms with Gasteiger partial charge in [0, 0.05) is 5.38 Å². The molecule has 0 atom stereocenters. The van der Waals surface area contributed by atoms with E-state index < -0.39 is 0 Å². The number of nitrogens with zero attached hydrogens (tertiary/aromatic N) is 2. The van der Waals surface area contributed by atoms with Crippen LogP contribution in [0.3, 0.4) is 0 Å². The fourth-order valence-corrected chi connectivity index (χ4v) is 4.24. The van der Waals surface area contributed by atoms with Crippen LogP contribution < -0.4 is 14.3 Å². The lowest BCUT2D eigenvalue weighted by molar-refractivity contribution is 0.174. The molecule has 0 fully saturated rings. The predicted molar refractivity (Wildman–Crippen MR) is 113 cm³/mol. The molecule has 5 rings (SSSR count). The molecule has 5 nitrogen and oxygen atoms in total. The van der Waals surface area contributed by atoms with Gasteiger partial charge < -0.3 is 18.5 Å². The molecule has 0 bridgehead atoms. The van der Waals surface area contributed by atoms with Crippen molar-refractivity contribution in [3.63, 3.8) is 0 Å². The molecule has 4 aromatic rings. The van der Waals surface area contributed by atoms with E-state index in [4.69, 9.17) is 18.9 Å². The van der Waals surface area contributed by atoms with Gasteiger partial charge in [-0.3, -0.25) is 0 Å². The molecule has 29 heavy (non-hydrogen) atoms. The van der Waals surface area contributed by atoms with E-state index in [0.717, 1.165) is 45.4 Å². The highest BCUT2D eigenvalue weighted by Crippen LogP contribution is 2.33. The van der Waals surface area contributed by atoms with Gasteiger partial charge in [-0.05, 0) is 53.9 Å². The molecule has 0 saturated carbocycles. The van der Waals surface area contributed by atoms with E-state index in [1.54, 1.807) is 17.6 Å². The van der Waals surface area contributed by atoms with Crippen molar-refractivity contribution in [3.8, 4) is 23.0 Å². The summed E-state index contributed by atoms with van der Waals surface area (Å²) in [5.41, 5.74) is 4.36. The molecule has 3 heterocycles. The third-order valence-corrected chi connectivity index (χ3v) is 5.78. The van der Waals surface area contributed by atoms with Gasteiger partial charge in [-0.2, -0.15) is 0 Å². The Morgan fingerprint density at radius 2 is 1.83 bits per heavy atom. The highest BCUT2D eigenvalue weighted by molar-refractivity contribution is 7.07. The Bertz CT molecular complexity index is 1190. The number of furan rings is 1. The third-order valence-electron chi connectivity index (χ3n) is 4.92. The number of benzene rings is 2. The van der Waals surface area contributed by atoms with Crippen molar-refractivity contribution in [3.05, 3.63) is 82.2 Å². The lowest BCUT2D eigenvalue weighted by Crippen LogP contribution is -2.16. The summed E-state index contributed by atoms with van der Waals surface area (Å²) in [6.07, 6.45) is 2.71. The van der Waals surface area contributed by atoms with Crippen LogP contribution in [-0.2, 0) is 13.0 Å². The number of fused-ring (bicyclic) bond motifs is 1. The monoisotopic (exact) mass is 404 g/mol. The van der Waals surface area contributed by atoms with Crippen LogP contribution in [0.15, 0.2) is 75.7 Å². The van der Waals surface area contributed by atoms with Crippen molar-refractivity contribution in [1.29, 1.82) is 0 Å². The largest absolute Gasteiger partial charge is 0.463 e. The van der Waals surface area contributed by atoms with Gasteiger partial charge >= 0.3 is 0 Å². The first-order valence-electron chi connectivity index (χ1n) is 9.54. The number of aryl methyl sites for hydroxylation is 1. The van der Waals surface area contributed by atoms with E-state index in [0.29, 0.717) is 6.54 Å². The smallest absolute Gasteiger partial charge is 0.231 e. The first kappa shape index (κ1) is 17.8. The maximum Gasteiger partial charge on any atom is 0.231 e. The zero-order valence-corrected chi connectivity index (χ0v) is 16.8. The van der Waals surface area contributed by atoms with Crippen LogP contribution in [0.1, 0.15) is 18.1 Å². The van der Waals surface area contributed by atoms with Gasteiger partial charge in [0.1, 0.15) is 0 Å². The quantitative estimate of drug-likeness (QED) is 0.449. The van der Waals surface area contributed by atoms with Gasteiger partial charge in [-0.1, -0.05) is 25.1 Å². The van der Waals surface area contributed by atoms with E-state index in [2.05, 4.69) is 47.2 Å². The van der Waals surface area contributed by atoms with E-state index in [1.807, 2.05) is 24.3 Å². The number of aromatic nitrogens is 1. The standard InChI is InChI=1S/C23H20N2O3S/c1-2-16-5-8-18(9-6-16)24-23-25(19(14-29-23)20-4-3-11-26-20)13-17-7-10-21-22(12-17)28-15-27-21/h3-12,14H,2,13,15H2,1H3. The summed E-state index contributed by atoms with van der Waals surface area (Å²) < 4.78 is 18.8. The second-order valence-electron chi connectivity index (χ2n) is 6.79. The summed E-state index contributed by atoms with van der Waals surface area (Å²) in [4.78, 5) is 5.81. The molecular formula is C23H20N2O3S. The number of ether oxygens (including phenoxy) is 2. The van der Waals surface area contributed by atoms with Crippen LogP contribution in [0.2, 0.25) is 0 Å².